The number of hydrogen-bond acceptors (Lipinski definition) is 5. The average Bonchev–Trinajstić information content (AvgIpc) is 2.93. The van der Waals surface area contributed by atoms with Crippen molar-refractivity contribution in [3.63, 3.8) is 0 Å². The summed E-state index contributed by atoms with van der Waals surface area (Å²) in [5, 5.41) is 4.63. The molecule has 1 atom stereocenters. The second-order valence-corrected chi connectivity index (χ2v) is 8.86. The van der Waals surface area contributed by atoms with Crippen molar-refractivity contribution in [3.8, 4) is 11.5 Å². The summed E-state index contributed by atoms with van der Waals surface area (Å²) in [6.45, 7) is 3.65. The van der Waals surface area contributed by atoms with E-state index in [0.29, 0.717) is 42.6 Å². The fraction of sp³-hybridized carbons (Fsp3) is 0.286. The van der Waals surface area contributed by atoms with Crippen LogP contribution in [0, 0.1) is 0 Å². The Balaban J connectivity index is 1.80. The summed E-state index contributed by atoms with van der Waals surface area (Å²) < 4.78 is 34.5. The third kappa shape index (κ3) is 3.73. The maximum Gasteiger partial charge on any atom is 0.243 e. The van der Waals surface area contributed by atoms with Crippen molar-refractivity contribution in [2.24, 2.45) is 0 Å². The highest BCUT2D eigenvalue weighted by Crippen LogP contribution is 2.35. The normalized spacial score (nSPS) is 18.7. The molecule has 0 aliphatic carbocycles. The lowest BCUT2D eigenvalue weighted by atomic mass is 10.1. The number of hydrogen-bond donors (Lipinski definition) is 1. The highest BCUT2D eigenvalue weighted by molar-refractivity contribution is 7.89. The van der Waals surface area contributed by atoms with Gasteiger partial charge in [0.1, 0.15) is 5.75 Å². The molecule has 4 rings (SSSR count). The smallest absolute Gasteiger partial charge is 0.243 e. The number of aromatic nitrogens is 1. The van der Waals surface area contributed by atoms with Gasteiger partial charge in [0.15, 0.2) is 5.75 Å². The molecule has 6 nitrogen and oxygen atoms in total. The van der Waals surface area contributed by atoms with E-state index in [0.717, 1.165) is 11.8 Å². The maximum atomic E-state index is 13.5. The third-order valence-electron chi connectivity index (χ3n) is 4.96. The van der Waals surface area contributed by atoms with Gasteiger partial charge in [0, 0.05) is 42.6 Å². The fourth-order valence-corrected chi connectivity index (χ4v) is 5.13. The first kappa shape index (κ1) is 18.9. The van der Waals surface area contributed by atoms with Crippen LogP contribution in [0.4, 0.5) is 0 Å². The Kier molecular flexibility index (Phi) is 5.30. The van der Waals surface area contributed by atoms with Gasteiger partial charge in [0.05, 0.1) is 11.1 Å². The van der Waals surface area contributed by atoms with Crippen molar-refractivity contribution in [1.29, 1.82) is 0 Å². The first-order valence-corrected chi connectivity index (χ1v) is 10.8. The molecular formula is C21H23N3O3S. The summed E-state index contributed by atoms with van der Waals surface area (Å²) in [6.07, 6.45) is 4.01. The molecule has 1 aliphatic rings. The van der Waals surface area contributed by atoms with Crippen molar-refractivity contribution >= 4 is 20.8 Å². The molecule has 146 valence electrons. The number of ether oxygens (including phenoxy) is 1. The van der Waals surface area contributed by atoms with E-state index >= 15 is 0 Å². The molecule has 2 heterocycles. The summed E-state index contributed by atoms with van der Waals surface area (Å²) in [5.74, 6) is 1.07. The molecule has 0 bridgehead atoms. The number of pyridine rings is 1. The third-order valence-corrected chi connectivity index (χ3v) is 6.91. The van der Waals surface area contributed by atoms with Crippen LogP contribution in [0.2, 0.25) is 0 Å². The lowest BCUT2D eigenvalue weighted by molar-refractivity contribution is 0.429. The molecule has 1 N–H and O–H groups in total. The van der Waals surface area contributed by atoms with Crippen molar-refractivity contribution in [1.82, 2.24) is 14.6 Å². The minimum atomic E-state index is -3.66. The van der Waals surface area contributed by atoms with Crippen molar-refractivity contribution in [2.45, 2.75) is 24.3 Å². The van der Waals surface area contributed by atoms with Gasteiger partial charge in [0.25, 0.3) is 0 Å². The van der Waals surface area contributed by atoms with Crippen LogP contribution in [0.15, 0.2) is 65.8 Å². The van der Waals surface area contributed by atoms with Crippen LogP contribution in [0.3, 0.4) is 0 Å². The Morgan fingerprint density at radius 3 is 2.71 bits per heavy atom. The Labute approximate surface area is 165 Å². The molecule has 1 saturated heterocycles. The van der Waals surface area contributed by atoms with Crippen LogP contribution >= 0.6 is 0 Å². The largest absolute Gasteiger partial charge is 0.455 e. The minimum absolute atomic E-state index is 0.257. The van der Waals surface area contributed by atoms with Crippen LogP contribution in [0.25, 0.3) is 10.8 Å². The summed E-state index contributed by atoms with van der Waals surface area (Å²) >= 11 is 0. The molecule has 1 aliphatic heterocycles. The van der Waals surface area contributed by atoms with E-state index in [1.807, 2.05) is 36.4 Å². The second kappa shape index (κ2) is 7.87. The van der Waals surface area contributed by atoms with E-state index in [-0.39, 0.29) is 4.90 Å². The van der Waals surface area contributed by atoms with Crippen LogP contribution in [-0.4, -0.2) is 43.4 Å². The predicted octanol–water partition coefficient (Wildman–Crippen LogP) is 3.40. The van der Waals surface area contributed by atoms with E-state index in [2.05, 4.69) is 17.2 Å². The van der Waals surface area contributed by atoms with Crippen LogP contribution in [0.5, 0.6) is 11.5 Å². The SMILES string of the molecule is CC1CCN(S(=O)(=O)c2cccc3cncc(Oc4ccccc4)c23)CCN1. The highest BCUT2D eigenvalue weighted by Gasteiger charge is 2.29. The molecule has 3 aromatic rings. The van der Waals surface area contributed by atoms with Crippen LogP contribution < -0.4 is 10.1 Å². The molecule has 1 fully saturated rings. The zero-order chi connectivity index (χ0) is 19.6. The average molecular weight is 398 g/mol. The Morgan fingerprint density at radius 1 is 1.07 bits per heavy atom. The summed E-state index contributed by atoms with van der Waals surface area (Å²) in [5.41, 5.74) is 0. The lowest BCUT2D eigenvalue weighted by Gasteiger charge is -2.21. The van der Waals surface area contributed by atoms with Gasteiger partial charge in [-0.2, -0.15) is 4.31 Å². The number of benzene rings is 2. The predicted molar refractivity (Wildman–Crippen MR) is 109 cm³/mol. The maximum absolute atomic E-state index is 13.5. The van der Waals surface area contributed by atoms with E-state index < -0.39 is 10.0 Å². The van der Waals surface area contributed by atoms with E-state index in [9.17, 15) is 8.42 Å². The van der Waals surface area contributed by atoms with Gasteiger partial charge in [0.2, 0.25) is 10.0 Å². The molecular weight excluding hydrogens is 374 g/mol. The topological polar surface area (TPSA) is 71.5 Å². The number of nitrogens with one attached hydrogen (secondary N) is 1. The Bertz CT molecular complexity index is 1070. The van der Waals surface area contributed by atoms with Gasteiger partial charge in [-0.25, -0.2) is 8.42 Å². The van der Waals surface area contributed by atoms with E-state index in [1.54, 1.807) is 28.8 Å². The number of rotatable bonds is 4. The zero-order valence-electron chi connectivity index (χ0n) is 15.7. The van der Waals surface area contributed by atoms with Crippen LogP contribution in [-0.2, 0) is 10.0 Å². The first-order chi connectivity index (χ1) is 13.6. The summed E-state index contributed by atoms with van der Waals surface area (Å²) in [6, 6.07) is 14.9. The molecule has 0 spiro atoms. The van der Waals surface area contributed by atoms with Gasteiger partial charge in [-0.3, -0.25) is 4.98 Å². The standard InChI is InChI=1S/C21H23N3O3S/c1-16-10-12-24(13-11-23-16)28(25,26)20-9-5-6-17-14-22-15-19(21(17)20)27-18-7-3-2-4-8-18/h2-9,14-16,23H,10-13H2,1H3. The highest BCUT2D eigenvalue weighted by atomic mass is 32.2. The fourth-order valence-electron chi connectivity index (χ4n) is 3.44. The second-order valence-electron chi connectivity index (χ2n) is 6.95. The first-order valence-electron chi connectivity index (χ1n) is 9.39. The molecule has 0 radical (unpaired) electrons. The lowest BCUT2D eigenvalue weighted by Crippen LogP contribution is -2.34. The Hall–Kier alpha value is -2.48. The molecule has 28 heavy (non-hydrogen) atoms. The number of para-hydroxylation sites is 1. The van der Waals surface area contributed by atoms with E-state index in [4.69, 9.17) is 4.74 Å². The van der Waals surface area contributed by atoms with Gasteiger partial charge in [-0.05, 0) is 31.5 Å². The quantitative estimate of drug-likeness (QED) is 0.731. The summed E-state index contributed by atoms with van der Waals surface area (Å²) in [7, 11) is -3.66. The Morgan fingerprint density at radius 2 is 1.89 bits per heavy atom. The van der Waals surface area contributed by atoms with Gasteiger partial charge in [-0.15, -0.1) is 0 Å². The molecule has 1 aromatic heterocycles. The van der Waals surface area contributed by atoms with Crippen molar-refractivity contribution < 1.29 is 13.2 Å². The van der Waals surface area contributed by atoms with Gasteiger partial charge in [-0.1, -0.05) is 30.3 Å². The zero-order valence-corrected chi connectivity index (χ0v) is 16.5. The molecule has 0 saturated carbocycles. The molecule has 1 unspecified atom stereocenters. The van der Waals surface area contributed by atoms with Crippen molar-refractivity contribution in [2.75, 3.05) is 19.6 Å². The monoisotopic (exact) mass is 397 g/mol. The van der Waals surface area contributed by atoms with Gasteiger partial charge >= 0.3 is 0 Å². The van der Waals surface area contributed by atoms with E-state index in [1.165, 1.54) is 0 Å². The summed E-state index contributed by atoms with van der Waals surface area (Å²) in [4.78, 5) is 4.48. The van der Waals surface area contributed by atoms with Crippen molar-refractivity contribution in [3.05, 3.63) is 60.9 Å². The van der Waals surface area contributed by atoms with Crippen LogP contribution in [0.1, 0.15) is 13.3 Å². The molecule has 7 heteroatoms. The number of nitrogens with zero attached hydrogens (tertiary/aromatic N) is 2. The van der Waals surface area contributed by atoms with Gasteiger partial charge < -0.3 is 10.1 Å². The number of sulfonamides is 1. The minimum Gasteiger partial charge on any atom is -0.455 e. The molecule has 2 aromatic carbocycles. The number of fused-ring (bicyclic) bond motifs is 1. The molecule has 0 amide bonds.